The smallest absolute Gasteiger partial charge is 0.258 e. The van der Waals surface area contributed by atoms with E-state index < -0.39 is 0 Å². The Hall–Kier alpha value is -2.88. The first-order valence-electron chi connectivity index (χ1n) is 10.1. The van der Waals surface area contributed by atoms with E-state index in [-0.39, 0.29) is 0 Å². The van der Waals surface area contributed by atoms with Gasteiger partial charge in [-0.25, -0.2) is 4.98 Å². The Morgan fingerprint density at radius 2 is 1.90 bits per heavy atom. The molecule has 160 valence electrons. The van der Waals surface area contributed by atoms with Crippen LogP contribution in [0.4, 0.5) is 11.9 Å². The van der Waals surface area contributed by atoms with Crippen LogP contribution in [0.1, 0.15) is 26.3 Å². The predicted molar refractivity (Wildman–Crippen MR) is 120 cm³/mol. The van der Waals surface area contributed by atoms with Gasteiger partial charge in [-0.3, -0.25) is 0 Å². The number of hydrogen-bond donors (Lipinski definition) is 1. The second-order valence-electron chi connectivity index (χ2n) is 6.40. The van der Waals surface area contributed by atoms with Gasteiger partial charge < -0.3 is 15.0 Å². The van der Waals surface area contributed by atoms with Crippen LogP contribution in [0.3, 0.4) is 0 Å². The zero-order chi connectivity index (χ0) is 21.3. The highest BCUT2D eigenvalue weighted by molar-refractivity contribution is 7.99. The fourth-order valence-corrected chi connectivity index (χ4v) is 3.37. The zero-order valence-electron chi connectivity index (χ0n) is 17.9. The summed E-state index contributed by atoms with van der Waals surface area (Å²) >= 11 is 1.53. The molecule has 0 aliphatic heterocycles. The molecule has 0 aliphatic rings. The van der Waals surface area contributed by atoms with E-state index in [0.717, 1.165) is 36.7 Å². The van der Waals surface area contributed by atoms with E-state index in [0.29, 0.717) is 29.6 Å². The lowest BCUT2D eigenvalue weighted by molar-refractivity contribution is 0.341. The molecule has 2 heterocycles. The van der Waals surface area contributed by atoms with E-state index in [1.165, 1.54) is 11.8 Å². The second-order valence-corrected chi connectivity index (χ2v) is 7.46. The van der Waals surface area contributed by atoms with E-state index >= 15 is 0 Å². The van der Waals surface area contributed by atoms with Gasteiger partial charge in [-0.15, -0.1) is 5.10 Å². The predicted octanol–water partition coefficient (Wildman–Crippen LogP) is 3.21. The first-order chi connectivity index (χ1) is 14.6. The monoisotopic (exact) mass is 428 g/mol. The summed E-state index contributed by atoms with van der Waals surface area (Å²) in [6.07, 6.45) is 1.63. The van der Waals surface area contributed by atoms with Crippen molar-refractivity contribution in [3.63, 3.8) is 0 Å². The quantitative estimate of drug-likeness (QED) is 0.365. The van der Waals surface area contributed by atoms with Crippen molar-refractivity contribution in [1.29, 1.82) is 0 Å². The number of aryl methyl sites for hydroxylation is 1. The average molecular weight is 429 g/mol. The molecular formula is C20H28N8OS. The van der Waals surface area contributed by atoms with Crippen LogP contribution < -0.4 is 15.0 Å². The molecule has 0 spiro atoms. The number of benzene rings is 1. The van der Waals surface area contributed by atoms with Crippen LogP contribution in [0.5, 0.6) is 5.75 Å². The number of ether oxygens (including phenoxy) is 1. The van der Waals surface area contributed by atoms with Crippen molar-refractivity contribution in [3.8, 4) is 11.7 Å². The molecular weight excluding hydrogens is 400 g/mol. The van der Waals surface area contributed by atoms with Gasteiger partial charge in [-0.1, -0.05) is 30.0 Å². The molecule has 10 heteroatoms. The van der Waals surface area contributed by atoms with Gasteiger partial charge in [0.25, 0.3) is 5.95 Å². The summed E-state index contributed by atoms with van der Waals surface area (Å²) in [6.45, 7) is 11.1. The van der Waals surface area contributed by atoms with Gasteiger partial charge in [0.2, 0.25) is 17.1 Å². The number of nitrogens with zero attached hydrogens (tertiary/aromatic N) is 7. The van der Waals surface area contributed by atoms with Gasteiger partial charge >= 0.3 is 0 Å². The van der Waals surface area contributed by atoms with Crippen molar-refractivity contribution >= 4 is 23.7 Å². The van der Waals surface area contributed by atoms with Gasteiger partial charge in [0.15, 0.2) is 0 Å². The average Bonchev–Trinajstić information content (AvgIpc) is 3.22. The Kier molecular flexibility index (Phi) is 7.83. The zero-order valence-corrected chi connectivity index (χ0v) is 18.7. The maximum absolute atomic E-state index is 5.83. The third-order valence-corrected chi connectivity index (χ3v) is 5.15. The molecule has 0 unspecified atom stereocenters. The summed E-state index contributed by atoms with van der Waals surface area (Å²) in [5.41, 5.74) is 1.13. The molecule has 3 rings (SSSR count). The van der Waals surface area contributed by atoms with Crippen molar-refractivity contribution in [1.82, 2.24) is 29.7 Å². The van der Waals surface area contributed by atoms with E-state index in [4.69, 9.17) is 4.74 Å². The van der Waals surface area contributed by atoms with Gasteiger partial charge in [0.05, 0.1) is 6.61 Å². The molecule has 0 atom stereocenters. The van der Waals surface area contributed by atoms with Gasteiger partial charge in [0, 0.05) is 25.4 Å². The summed E-state index contributed by atoms with van der Waals surface area (Å²) in [5.74, 6) is 3.24. The minimum Gasteiger partial charge on any atom is -0.492 e. The lowest BCUT2D eigenvalue weighted by Crippen LogP contribution is -2.25. The van der Waals surface area contributed by atoms with Crippen LogP contribution in [-0.4, -0.2) is 61.7 Å². The molecule has 2 aromatic heterocycles. The van der Waals surface area contributed by atoms with E-state index in [2.05, 4.69) is 49.1 Å². The molecule has 0 fully saturated rings. The molecule has 30 heavy (non-hydrogen) atoms. The summed E-state index contributed by atoms with van der Waals surface area (Å²) in [6, 6.07) is 7.99. The third kappa shape index (κ3) is 5.59. The number of rotatable bonds is 11. The highest BCUT2D eigenvalue weighted by Gasteiger charge is 2.14. The lowest BCUT2D eigenvalue weighted by Gasteiger charge is -2.19. The van der Waals surface area contributed by atoms with Crippen molar-refractivity contribution < 1.29 is 4.74 Å². The molecule has 3 aromatic rings. The molecule has 9 nitrogen and oxygen atoms in total. The standard InChI is InChI=1S/C20H28N8OS/c1-5-21-17-23-18(27(6-2)7-3)25-19(24-17)28-14-22-20(26-28)30-13-12-29-16-11-9-8-10-15(16)4/h8-11,14H,5-7,12-13H2,1-4H3,(H,21,23,24,25). The van der Waals surface area contributed by atoms with Crippen LogP contribution >= 0.6 is 11.8 Å². The minimum absolute atomic E-state index is 0.443. The van der Waals surface area contributed by atoms with E-state index in [1.54, 1.807) is 11.0 Å². The number of thioether (sulfide) groups is 1. The third-order valence-electron chi connectivity index (χ3n) is 4.33. The fourth-order valence-electron chi connectivity index (χ4n) is 2.75. The summed E-state index contributed by atoms with van der Waals surface area (Å²) in [5, 5.41) is 8.32. The fraction of sp³-hybridized carbons (Fsp3) is 0.450. The maximum Gasteiger partial charge on any atom is 0.258 e. The van der Waals surface area contributed by atoms with Crippen molar-refractivity contribution in [2.75, 3.05) is 42.2 Å². The minimum atomic E-state index is 0.443. The van der Waals surface area contributed by atoms with Crippen LogP contribution in [-0.2, 0) is 0 Å². The largest absolute Gasteiger partial charge is 0.492 e. The Bertz CT molecular complexity index is 944. The van der Waals surface area contributed by atoms with Gasteiger partial charge in [-0.2, -0.15) is 19.6 Å². The van der Waals surface area contributed by atoms with Crippen molar-refractivity contribution in [2.45, 2.75) is 32.9 Å². The summed E-state index contributed by atoms with van der Waals surface area (Å²) < 4.78 is 7.41. The van der Waals surface area contributed by atoms with Crippen LogP contribution in [0.25, 0.3) is 5.95 Å². The number of hydrogen-bond acceptors (Lipinski definition) is 9. The molecule has 1 aromatic carbocycles. The summed E-state index contributed by atoms with van der Waals surface area (Å²) in [4.78, 5) is 20.0. The van der Waals surface area contributed by atoms with E-state index in [1.807, 2.05) is 38.1 Å². The Morgan fingerprint density at radius 3 is 2.63 bits per heavy atom. The Balaban J connectivity index is 1.66. The normalized spacial score (nSPS) is 10.8. The number of para-hydroxylation sites is 1. The number of anilines is 2. The van der Waals surface area contributed by atoms with E-state index in [9.17, 15) is 0 Å². The van der Waals surface area contributed by atoms with Crippen molar-refractivity contribution in [3.05, 3.63) is 36.2 Å². The molecule has 0 saturated heterocycles. The number of aromatic nitrogens is 6. The highest BCUT2D eigenvalue weighted by atomic mass is 32.2. The lowest BCUT2D eigenvalue weighted by atomic mass is 10.2. The highest BCUT2D eigenvalue weighted by Crippen LogP contribution is 2.19. The molecule has 0 bridgehead atoms. The van der Waals surface area contributed by atoms with Crippen molar-refractivity contribution in [2.24, 2.45) is 0 Å². The Morgan fingerprint density at radius 1 is 1.10 bits per heavy atom. The molecule has 0 radical (unpaired) electrons. The molecule has 0 aliphatic carbocycles. The SMILES string of the molecule is CCNc1nc(N(CC)CC)nc(-n2cnc(SCCOc3ccccc3C)n2)n1. The topological polar surface area (TPSA) is 93.9 Å². The Labute approximate surface area is 181 Å². The van der Waals surface area contributed by atoms with Gasteiger partial charge in [0.1, 0.15) is 12.1 Å². The molecule has 0 amide bonds. The second kappa shape index (κ2) is 10.8. The van der Waals surface area contributed by atoms with Crippen LogP contribution in [0.2, 0.25) is 0 Å². The summed E-state index contributed by atoms with van der Waals surface area (Å²) in [7, 11) is 0. The molecule has 1 N–H and O–H groups in total. The maximum atomic E-state index is 5.83. The van der Waals surface area contributed by atoms with Crippen LogP contribution in [0.15, 0.2) is 35.7 Å². The first kappa shape index (κ1) is 21.8. The van der Waals surface area contributed by atoms with Gasteiger partial charge in [-0.05, 0) is 39.3 Å². The van der Waals surface area contributed by atoms with Crippen LogP contribution in [0, 0.1) is 6.92 Å². The number of nitrogens with one attached hydrogen (secondary N) is 1. The first-order valence-corrected chi connectivity index (χ1v) is 11.1. The molecule has 0 saturated carbocycles.